The van der Waals surface area contributed by atoms with Crippen LogP contribution < -0.4 is 0 Å². The number of rotatable bonds is 0. The molecule has 0 aromatic heterocycles. The van der Waals surface area contributed by atoms with Crippen LogP contribution in [-0.2, 0) is 10.8 Å². The molecule has 0 saturated carbocycles. The zero-order chi connectivity index (χ0) is 34.3. The van der Waals surface area contributed by atoms with Crippen molar-refractivity contribution in [3.8, 4) is 22.3 Å². The van der Waals surface area contributed by atoms with Gasteiger partial charge in [0.25, 0.3) is 0 Å². The fraction of sp³-hybridized carbons (Fsp3) is 0.0400. The normalized spacial score (nSPS) is 15.1. The van der Waals surface area contributed by atoms with E-state index in [1.807, 2.05) is 23.5 Å². The Balaban J connectivity index is 0.000000123. The van der Waals surface area contributed by atoms with Gasteiger partial charge in [0, 0.05) is 19.6 Å². The summed E-state index contributed by atoms with van der Waals surface area (Å²) in [5.41, 5.74) is 16.2. The Bertz CT molecular complexity index is 2350. The van der Waals surface area contributed by atoms with Crippen molar-refractivity contribution < 1.29 is 0 Å². The highest BCUT2D eigenvalue weighted by Crippen LogP contribution is 2.63. The monoisotopic (exact) mass is 696 g/mol. The fourth-order valence-electron chi connectivity index (χ4n) is 9.62. The van der Waals surface area contributed by atoms with Gasteiger partial charge in [-0.25, -0.2) is 0 Å². The third kappa shape index (κ3) is 3.91. The van der Waals surface area contributed by atoms with Crippen LogP contribution in [0.1, 0.15) is 44.5 Å². The lowest BCUT2D eigenvalue weighted by Crippen LogP contribution is -2.31. The highest BCUT2D eigenvalue weighted by molar-refractivity contribution is 7.99. The minimum absolute atomic E-state index is 0.217. The molecule has 12 rings (SSSR count). The van der Waals surface area contributed by atoms with Crippen LogP contribution in [0.2, 0.25) is 0 Å². The van der Waals surface area contributed by atoms with Crippen LogP contribution in [0.25, 0.3) is 22.3 Å². The van der Waals surface area contributed by atoms with Gasteiger partial charge < -0.3 is 0 Å². The molecule has 0 atom stereocenters. The van der Waals surface area contributed by atoms with Crippen molar-refractivity contribution in [1.29, 1.82) is 0 Å². The molecule has 0 unspecified atom stereocenters. The standard InChI is InChI=1S/2C25H16S/c2*1-3-11-19-17(9-1)18-10-2-4-12-20(18)25(19)21-13-5-7-15-23(21)26-24-16-8-6-14-22(24)25/h2*1-16H. The van der Waals surface area contributed by atoms with Gasteiger partial charge in [0.1, 0.15) is 0 Å². The predicted octanol–water partition coefficient (Wildman–Crippen LogP) is 13.0. The molecule has 244 valence electrons. The van der Waals surface area contributed by atoms with Gasteiger partial charge in [-0.15, -0.1) is 0 Å². The first-order valence-electron chi connectivity index (χ1n) is 17.9. The summed E-state index contributed by atoms with van der Waals surface area (Å²) >= 11 is 3.79. The predicted molar refractivity (Wildman–Crippen MR) is 216 cm³/mol. The van der Waals surface area contributed by atoms with Gasteiger partial charge >= 0.3 is 0 Å². The maximum Gasteiger partial charge on any atom is 0.0735 e. The van der Waals surface area contributed by atoms with Crippen molar-refractivity contribution in [1.82, 2.24) is 0 Å². The van der Waals surface area contributed by atoms with Crippen LogP contribution in [0.3, 0.4) is 0 Å². The van der Waals surface area contributed by atoms with Gasteiger partial charge in [-0.05, 0) is 91.0 Å². The van der Waals surface area contributed by atoms with E-state index in [1.165, 1.54) is 86.3 Å². The molecule has 8 aromatic carbocycles. The average molecular weight is 697 g/mol. The molecule has 0 saturated heterocycles. The second-order valence-corrected chi connectivity index (χ2v) is 16.0. The third-order valence-corrected chi connectivity index (χ3v) is 13.8. The summed E-state index contributed by atoms with van der Waals surface area (Å²) in [7, 11) is 0. The second-order valence-electron chi connectivity index (χ2n) is 13.9. The Morgan fingerprint density at radius 3 is 0.654 bits per heavy atom. The van der Waals surface area contributed by atoms with Crippen molar-refractivity contribution in [2.45, 2.75) is 30.4 Å². The van der Waals surface area contributed by atoms with Crippen LogP contribution in [-0.4, -0.2) is 0 Å². The summed E-state index contributed by atoms with van der Waals surface area (Å²) in [5.74, 6) is 0. The van der Waals surface area contributed by atoms with E-state index >= 15 is 0 Å². The largest absolute Gasteiger partial charge is 0.0894 e. The maximum absolute atomic E-state index is 2.32. The fourth-order valence-corrected chi connectivity index (χ4v) is 12.0. The molecule has 0 radical (unpaired) electrons. The van der Waals surface area contributed by atoms with Crippen LogP contribution in [0.15, 0.2) is 214 Å². The van der Waals surface area contributed by atoms with Crippen molar-refractivity contribution in [3.05, 3.63) is 239 Å². The van der Waals surface area contributed by atoms with Crippen molar-refractivity contribution in [2.75, 3.05) is 0 Å². The lowest BCUT2D eigenvalue weighted by atomic mass is 9.67. The molecule has 2 aliphatic carbocycles. The van der Waals surface area contributed by atoms with Crippen molar-refractivity contribution >= 4 is 23.5 Å². The van der Waals surface area contributed by atoms with Crippen molar-refractivity contribution in [2.24, 2.45) is 0 Å². The molecule has 2 aliphatic heterocycles. The Labute approximate surface area is 313 Å². The zero-order valence-electron chi connectivity index (χ0n) is 28.3. The van der Waals surface area contributed by atoms with Gasteiger partial charge in [0.2, 0.25) is 0 Å². The number of fused-ring (bicyclic) bond motifs is 18. The lowest BCUT2D eigenvalue weighted by molar-refractivity contribution is 0.722. The van der Waals surface area contributed by atoms with Crippen LogP contribution in [0, 0.1) is 0 Å². The summed E-state index contributed by atoms with van der Waals surface area (Å²) in [6.45, 7) is 0. The summed E-state index contributed by atoms with van der Waals surface area (Å²) in [6.07, 6.45) is 0. The molecular formula is C50H32S2. The third-order valence-electron chi connectivity index (χ3n) is 11.5. The zero-order valence-corrected chi connectivity index (χ0v) is 29.9. The highest BCUT2D eigenvalue weighted by Gasteiger charge is 2.51. The highest BCUT2D eigenvalue weighted by atomic mass is 32.2. The molecule has 0 N–H and O–H groups in total. The van der Waals surface area contributed by atoms with Crippen LogP contribution in [0.5, 0.6) is 0 Å². The number of hydrogen-bond donors (Lipinski definition) is 0. The lowest BCUT2D eigenvalue weighted by Gasteiger charge is -2.39. The molecule has 0 bridgehead atoms. The summed E-state index contributed by atoms with van der Waals surface area (Å²) in [4.78, 5) is 5.44. The maximum atomic E-state index is 2.32. The van der Waals surface area contributed by atoms with Crippen molar-refractivity contribution in [3.63, 3.8) is 0 Å². The Kier molecular flexibility index (Phi) is 6.65. The number of hydrogen-bond acceptors (Lipinski definition) is 2. The van der Waals surface area contributed by atoms with E-state index in [0.29, 0.717) is 0 Å². The molecule has 2 spiro atoms. The van der Waals surface area contributed by atoms with E-state index in [4.69, 9.17) is 0 Å². The van der Waals surface area contributed by atoms with E-state index in [-0.39, 0.29) is 10.8 Å². The van der Waals surface area contributed by atoms with Crippen LogP contribution in [0.4, 0.5) is 0 Å². The summed E-state index contributed by atoms with van der Waals surface area (Å²) in [5, 5.41) is 0. The first-order valence-corrected chi connectivity index (χ1v) is 19.6. The van der Waals surface area contributed by atoms with E-state index in [0.717, 1.165) is 0 Å². The molecule has 0 nitrogen and oxygen atoms in total. The van der Waals surface area contributed by atoms with Gasteiger partial charge in [-0.2, -0.15) is 0 Å². The first-order chi connectivity index (χ1) is 25.8. The summed E-state index contributed by atoms with van der Waals surface area (Å²) in [6, 6.07) is 71.4. The average Bonchev–Trinajstić information content (AvgIpc) is 3.67. The molecule has 8 aromatic rings. The van der Waals surface area contributed by atoms with E-state index in [2.05, 4.69) is 194 Å². The van der Waals surface area contributed by atoms with E-state index in [9.17, 15) is 0 Å². The van der Waals surface area contributed by atoms with Gasteiger partial charge in [-0.1, -0.05) is 193 Å². The molecule has 4 aliphatic rings. The minimum atomic E-state index is -0.217. The molecular weight excluding hydrogens is 665 g/mol. The molecule has 0 amide bonds. The Morgan fingerprint density at radius 2 is 0.404 bits per heavy atom. The minimum Gasteiger partial charge on any atom is -0.0894 e. The van der Waals surface area contributed by atoms with E-state index in [1.54, 1.807) is 0 Å². The van der Waals surface area contributed by atoms with Crippen LogP contribution >= 0.6 is 23.5 Å². The summed E-state index contributed by atoms with van der Waals surface area (Å²) < 4.78 is 0. The molecule has 52 heavy (non-hydrogen) atoms. The van der Waals surface area contributed by atoms with E-state index < -0.39 is 0 Å². The van der Waals surface area contributed by atoms with Gasteiger partial charge in [-0.3, -0.25) is 0 Å². The molecule has 2 heteroatoms. The van der Waals surface area contributed by atoms with Gasteiger partial charge in [0.15, 0.2) is 0 Å². The molecule has 2 heterocycles. The Morgan fingerprint density at radius 1 is 0.212 bits per heavy atom. The SMILES string of the molecule is c1ccc2c(c1)Sc1ccccc1C21c2ccccc2-c2ccccc21.c1ccc2c(c1)Sc1ccccc1C21c2ccccc2-c2ccccc21. The Hall–Kier alpha value is -5.54. The van der Waals surface area contributed by atoms with Gasteiger partial charge in [0.05, 0.1) is 10.8 Å². The number of benzene rings is 8. The molecule has 0 fully saturated rings. The second kappa shape index (κ2) is 11.5. The smallest absolute Gasteiger partial charge is 0.0735 e. The quantitative estimate of drug-likeness (QED) is 0.155. The first kappa shape index (κ1) is 30.1. The topological polar surface area (TPSA) is 0 Å².